The molecule has 0 aromatic carbocycles. The highest BCUT2D eigenvalue weighted by Crippen LogP contribution is 2.30. The third-order valence-corrected chi connectivity index (χ3v) is 4.54. The number of nitrogens with two attached hydrogens (primary N) is 1. The van der Waals surface area contributed by atoms with Crippen molar-refractivity contribution in [1.82, 2.24) is 10.2 Å². The molecule has 2 heterocycles. The number of nitrogens with zero attached hydrogens (tertiary/aromatic N) is 1. The van der Waals surface area contributed by atoms with E-state index in [1.807, 2.05) is 6.92 Å². The van der Waals surface area contributed by atoms with Crippen LogP contribution in [0.25, 0.3) is 0 Å². The monoisotopic (exact) mass is 267 g/mol. The van der Waals surface area contributed by atoms with E-state index in [0.29, 0.717) is 32.0 Å². The summed E-state index contributed by atoms with van der Waals surface area (Å²) in [7, 11) is 0. The minimum atomic E-state index is -0.529. The van der Waals surface area contributed by atoms with E-state index < -0.39 is 5.41 Å². The summed E-state index contributed by atoms with van der Waals surface area (Å²) in [6.45, 7) is 4.07. The fraction of sp³-hybridized carbons (Fsp3) is 0.857. The second-order valence-electron chi connectivity index (χ2n) is 6.18. The van der Waals surface area contributed by atoms with Gasteiger partial charge in [0.15, 0.2) is 0 Å². The highest BCUT2D eigenvalue weighted by molar-refractivity contribution is 5.83. The Bertz CT molecular complexity index is 353. The molecule has 2 saturated heterocycles. The van der Waals surface area contributed by atoms with Gasteiger partial charge in [0.25, 0.3) is 0 Å². The van der Waals surface area contributed by atoms with E-state index in [1.54, 1.807) is 4.90 Å². The number of piperidine rings is 1. The van der Waals surface area contributed by atoms with Crippen LogP contribution in [0.3, 0.4) is 0 Å². The number of nitrogens with one attached hydrogen (secondary N) is 1. The zero-order valence-corrected chi connectivity index (χ0v) is 11.8. The molecule has 2 aliphatic rings. The molecule has 0 aliphatic carbocycles. The Morgan fingerprint density at radius 2 is 2.21 bits per heavy atom. The first-order valence-electron chi connectivity index (χ1n) is 7.32. The minimum absolute atomic E-state index is 0.164. The minimum Gasteiger partial charge on any atom is -0.369 e. The third kappa shape index (κ3) is 3.47. The van der Waals surface area contributed by atoms with Crippen LogP contribution >= 0.6 is 0 Å². The fourth-order valence-electron chi connectivity index (χ4n) is 3.00. The van der Waals surface area contributed by atoms with E-state index in [2.05, 4.69) is 5.32 Å². The highest BCUT2D eigenvalue weighted by atomic mass is 16.2. The van der Waals surface area contributed by atoms with Crippen molar-refractivity contribution in [1.29, 1.82) is 0 Å². The lowest BCUT2D eigenvalue weighted by Crippen LogP contribution is -2.39. The number of likely N-dealkylation sites (tertiary alicyclic amines) is 1. The van der Waals surface area contributed by atoms with Crippen molar-refractivity contribution in [2.24, 2.45) is 11.1 Å². The van der Waals surface area contributed by atoms with Crippen LogP contribution in [0.15, 0.2) is 0 Å². The summed E-state index contributed by atoms with van der Waals surface area (Å²) < 4.78 is 0. The first-order chi connectivity index (χ1) is 9.01. The molecule has 2 rings (SSSR count). The summed E-state index contributed by atoms with van der Waals surface area (Å²) >= 11 is 0. The van der Waals surface area contributed by atoms with Crippen LogP contribution < -0.4 is 11.1 Å². The molecule has 0 saturated carbocycles. The fourth-order valence-corrected chi connectivity index (χ4v) is 3.00. The van der Waals surface area contributed by atoms with Gasteiger partial charge in [-0.3, -0.25) is 9.59 Å². The number of rotatable bonds is 4. The van der Waals surface area contributed by atoms with E-state index in [-0.39, 0.29) is 11.8 Å². The van der Waals surface area contributed by atoms with Gasteiger partial charge in [0.2, 0.25) is 11.8 Å². The highest BCUT2D eigenvalue weighted by Gasteiger charge is 2.40. The Hall–Kier alpha value is -1.10. The molecule has 2 amide bonds. The molecule has 0 radical (unpaired) electrons. The van der Waals surface area contributed by atoms with E-state index in [4.69, 9.17) is 5.73 Å². The third-order valence-electron chi connectivity index (χ3n) is 4.54. The average molecular weight is 267 g/mol. The molecule has 2 aliphatic heterocycles. The molecule has 0 spiro atoms. The topological polar surface area (TPSA) is 75.4 Å². The maximum atomic E-state index is 12.1. The number of hydrogen-bond donors (Lipinski definition) is 2. The zero-order valence-electron chi connectivity index (χ0n) is 11.8. The van der Waals surface area contributed by atoms with Gasteiger partial charge in [0.1, 0.15) is 0 Å². The number of carbonyl (C=O) groups is 2. The average Bonchev–Trinajstić information content (AvgIpc) is 2.81. The molecular weight excluding hydrogens is 242 g/mol. The predicted octanol–water partition coefficient (Wildman–Crippen LogP) is 0.633. The van der Waals surface area contributed by atoms with Crippen molar-refractivity contribution in [3.63, 3.8) is 0 Å². The Balaban J connectivity index is 1.76. The number of amides is 2. The Kier molecular flexibility index (Phi) is 4.45. The summed E-state index contributed by atoms with van der Waals surface area (Å²) in [5, 5.41) is 3.45. The Morgan fingerprint density at radius 3 is 2.79 bits per heavy atom. The second-order valence-corrected chi connectivity index (χ2v) is 6.18. The molecule has 0 aromatic rings. The zero-order chi connectivity index (χ0) is 13.9. The summed E-state index contributed by atoms with van der Waals surface area (Å²) in [5.41, 5.74) is 4.87. The molecule has 2 unspecified atom stereocenters. The van der Waals surface area contributed by atoms with Crippen molar-refractivity contribution >= 4 is 11.8 Å². The van der Waals surface area contributed by atoms with Crippen LogP contribution in [0, 0.1) is 5.41 Å². The van der Waals surface area contributed by atoms with Crippen molar-refractivity contribution in [3.8, 4) is 0 Å². The first-order valence-corrected chi connectivity index (χ1v) is 7.32. The van der Waals surface area contributed by atoms with Crippen LogP contribution in [-0.4, -0.2) is 42.4 Å². The number of primary amides is 1. The molecule has 5 nitrogen and oxygen atoms in total. The Morgan fingerprint density at radius 1 is 1.42 bits per heavy atom. The molecule has 0 aromatic heterocycles. The van der Waals surface area contributed by atoms with Gasteiger partial charge >= 0.3 is 0 Å². The molecule has 19 heavy (non-hydrogen) atoms. The molecule has 2 atom stereocenters. The van der Waals surface area contributed by atoms with Crippen molar-refractivity contribution in [2.45, 2.75) is 51.5 Å². The quantitative estimate of drug-likeness (QED) is 0.784. The maximum Gasteiger partial charge on any atom is 0.225 e. The van der Waals surface area contributed by atoms with Gasteiger partial charge in [-0.05, 0) is 39.2 Å². The maximum absolute atomic E-state index is 12.1. The van der Waals surface area contributed by atoms with Crippen molar-refractivity contribution < 1.29 is 9.59 Å². The van der Waals surface area contributed by atoms with E-state index in [0.717, 1.165) is 13.0 Å². The first kappa shape index (κ1) is 14.3. The summed E-state index contributed by atoms with van der Waals surface area (Å²) in [6.07, 6.45) is 5.85. The molecule has 108 valence electrons. The summed E-state index contributed by atoms with van der Waals surface area (Å²) in [4.78, 5) is 25.3. The van der Waals surface area contributed by atoms with Crippen LogP contribution in [0.4, 0.5) is 0 Å². The lowest BCUT2D eigenvalue weighted by atomic mass is 9.89. The van der Waals surface area contributed by atoms with Crippen LogP contribution in [0.1, 0.15) is 45.4 Å². The molecule has 0 bridgehead atoms. The van der Waals surface area contributed by atoms with Gasteiger partial charge in [-0.15, -0.1) is 0 Å². The molecular formula is C14H25N3O2. The molecule has 3 N–H and O–H groups in total. The SMILES string of the molecule is CC1(C(N)=O)CCN(C(=O)CCC2CCCCN2)C1. The van der Waals surface area contributed by atoms with Crippen molar-refractivity contribution in [3.05, 3.63) is 0 Å². The van der Waals surface area contributed by atoms with Gasteiger partial charge in [-0.25, -0.2) is 0 Å². The van der Waals surface area contributed by atoms with E-state index >= 15 is 0 Å². The predicted molar refractivity (Wildman–Crippen MR) is 73.4 cm³/mol. The standard InChI is InChI=1S/C14H25N3O2/c1-14(13(15)19)7-9-17(10-14)12(18)6-5-11-4-2-3-8-16-11/h11,16H,2-10H2,1H3,(H2,15,19). The second kappa shape index (κ2) is 5.90. The van der Waals surface area contributed by atoms with Gasteiger partial charge in [0.05, 0.1) is 5.41 Å². The lowest BCUT2D eigenvalue weighted by Gasteiger charge is -2.25. The summed E-state index contributed by atoms with van der Waals surface area (Å²) in [5.74, 6) is -0.130. The normalized spacial score (nSPS) is 31.4. The summed E-state index contributed by atoms with van der Waals surface area (Å²) in [6, 6.07) is 0.489. The van der Waals surface area contributed by atoms with Crippen LogP contribution in [0.2, 0.25) is 0 Å². The van der Waals surface area contributed by atoms with Gasteiger partial charge in [-0.1, -0.05) is 6.42 Å². The van der Waals surface area contributed by atoms with Gasteiger partial charge < -0.3 is 16.0 Å². The van der Waals surface area contributed by atoms with Crippen LogP contribution in [0.5, 0.6) is 0 Å². The largest absolute Gasteiger partial charge is 0.369 e. The Labute approximate surface area is 114 Å². The van der Waals surface area contributed by atoms with E-state index in [9.17, 15) is 9.59 Å². The molecule has 5 heteroatoms. The lowest BCUT2D eigenvalue weighted by molar-refractivity contribution is -0.131. The van der Waals surface area contributed by atoms with Crippen molar-refractivity contribution in [2.75, 3.05) is 19.6 Å². The van der Waals surface area contributed by atoms with Gasteiger partial charge in [0, 0.05) is 25.6 Å². The van der Waals surface area contributed by atoms with Crippen LogP contribution in [-0.2, 0) is 9.59 Å². The molecule has 2 fully saturated rings. The van der Waals surface area contributed by atoms with Gasteiger partial charge in [-0.2, -0.15) is 0 Å². The number of hydrogen-bond acceptors (Lipinski definition) is 3. The number of carbonyl (C=O) groups excluding carboxylic acids is 2. The van der Waals surface area contributed by atoms with E-state index in [1.165, 1.54) is 19.3 Å². The smallest absolute Gasteiger partial charge is 0.225 e.